The number of likely N-dealkylation sites (N-methyl/N-ethyl adjacent to an activating group) is 2. The zero-order valence-electron chi connectivity index (χ0n) is 21.4. The Balaban J connectivity index is 0.00000252. The molecular formula is C29H35IN2O5. The van der Waals surface area contributed by atoms with Crippen molar-refractivity contribution in [1.29, 1.82) is 0 Å². The van der Waals surface area contributed by atoms with E-state index in [1.54, 1.807) is 35.6 Å². The maximum atomic E-state index is 13.2. The van der Waals surface area contributed by atoms with Crippen LogP contribution in [0.25, 0.3) is 6.08 Å². The Morgan fingerprint density at radius 2 is 2.05 bits per heavy atom. The van der Waals surface area contributed by atoms with Crippen molar-refractivity contribution in [2.45, 2.75) is 67.7 Å². The number of likely N-dealkylation sites (tertiary alicyclic amines) is 1. The van der Waals surface area contributed by atoms with Crippen molar-refractivity contribution in [3.8, 4) is 11.5 Å². The van der Waals surface area contributed by atoms with Crippen molar-refractivity contribution < 1.29 is 52.6 Å². The lowest BCUT2D eigenvalue weighted by molar-refractivity contribution is -0.950. The maximum absolute atomic E-state index is 13.2. The first-order chi connectivity index (χ1) is 17.3. The van der Waals surface area contributed by atoms with Gasteiger partial charge in [0.2, 0.25) is 5.91 Å². The molecule has 37 heavy (non-hydrogen) atoms. The number of benzene rings is 1. The molecule has 198 valence electrons. The lowest BCUT2D eigenvalue weighted by Crippen LogP contribution is -3.00. The quantitative estimate of drug-likeness (QED) is 0.285. The van der Waals surface area contributed by atoms with Gasteiger partial charge in [0.1, 0.15) is 17.7 Å². The van der Waals surface area contributed by atoms with Crippen LogP contribution < -0.4 is 28.7 Å². The second kappa shape index (κ2) is 8.48. The van der Waals surface area contributed by atoms with Gasteiger partial charge in [-0.05, 0) is 49.5 Å². The topological polar surface area (TPSA) is 83.1 Å². The molecule has 2 unspecified atom stereocenters. The molecule has 6 atom stereocenters. The van der Waals surface area contributed by atoms with E-state index in [0.717, 1.165) is 47.5 Å². The number of aliphatic hydroxyl groups is 1. The molecule has 1 spiro atoms. The zero-order valence-corrected chi connectivity index (χ0v) is 23.6. The van der Waals surface area contributed by atoms with E-state index in [9.17, 15) is 15.0 Å². The van der Waals surface area contributed by atoms with Gasteiger partial charge in [-0.3, -0.25) is 4.79 Å². The highest BCUT2D eigenvalue weighted by Gasteiger charge is 2.76. The summed E-state index contributed by atoms with van der Waals surface area (Å²) in [7, 11) is 4.17. The molecule has 3 fully saturated rings. The molecule has 7 rings (SSSR count). The molecule has 5 aliphatic rings. The maximum Gasteiger partial charge on any atom is 0.246 e. The van der Waals surface area contributed by atoms with Crippen LogP contribution in [-0.2, 0) is 16.6 Å². The molecule has 1 aromatic carbocycles. The minimum Gasteiger partial charge on any atom is -1.00 e. The van der Waals surface area contributed by atoms with E-state index in [0.29, 0.717) is 18.6 Å². The summed E-state index contributed by atoms with van der Waals surface area (Å²) in [4.78, 5) is 15.0. The van der Waals surface area contributed by atoms with Crippen molar-refractivity contribution >= 4 is 12.0 Å². The Kier molecular flexibility index (Phi) is 5.79. The number of rotatable bonds is 5. The average Bonchev–Trinajstić information content (AvgIpc) is 3.36. The summed E-state index contributed by atoms with van der Waals surface area (Å²) in [5, 5.41) is 23.6. The third-order valence-corrected chi connectivity index (χ3v) is 10.3. The smallest absolute Gasteiger partial charge is 0.246 e. The molecule has 3 heterocycles. The van der Waals surface area contributed by atoms with E-state index in [2.05, 4.69) is 7.05 Å². The summed E-state index contributed by atoms with van der Waals surface area (Å²) < 4.78 is 12.6. The number of aromatic hydroxyl groups is 1. The highest BCUT2D eigenvalue weighted by molar-refractivity contribution is 5.91. The number of amides is 1. The van der Waals surface area contributed by atoms with Crippen molar-refractivity contribution in [2.24, 2.45) is 5.92 Å². The van der Waals surface area contributed by atoms with Crippen LogP contribution in [0, 0.1) is 5.92 Å². The number of furan rings is 1. The molecular weight excluding hydrogens is 583 g/mol. The van der Waals surface area contributed by atoms with Crippen molar-refractivity contribution in [2.75, 3.05) is 27.2 Å². The van der Waals surface area contributed by atoms with E-state index in [-0.39, 0.29) is 47.7 Å². The Morgan fingerprint density at radius 1 is 1.24 bits per heavy atom. The number of nitrogens with zero attached hydrogens (tertiary/aromatic N) is 2. The number of ether oxygens (including phenoxy) is 1. The van der Waals surface area contributed by atoms with E-state index in [1.165, 1.54) is 18.4 Å². The second-order valence-electron chi connectivity index (χ2n) is 12.1. The third-order valence-electron chi connectivity index (χ3n) is 10.3. The molecule has 2 N–H and O–H groups in total. The Morgan fingerprint density at radius 3 is 2.78 bits per heavy atom. The number of halogens is 1. The molecule has 0 radical (unpaired) electrons. The predicted molar refractivity (Wildman–Crippen MR) is 133 cm³/mol. The van der Waals surface area contributed by atoms with Gasteiger partial charge in [0.05, 0.1) is 44.1 Å². The molecule has 3 aliphatic carbocycles. The van der Waals surface area contributed by atoms with Crippen LogP contribution in [-0.4, -0.2) is 76.5 Å². The molecule has 7 nitrogen and oxygen atoms in total. The minimum absolute atomic E-state index is 0. The minimum atomic E-state index is -0.932. The monoisotopic (exact) mass is 618 g/mol. The van der Waals surface area contributed by atoms with Crippen LogP contribution in [0.3, 0.4) is 0 Å². The summed E-state index contributed by atoms with van der Waals surface area (Å²) in [5.74, 6) is 1.31. The van der Waals surface area contributed by atoms with Gasteiger partial charge < -0.3 is 52.7 Å². The summed E-state index contributed by atoms with van der Waals surface area (Å²) in [6.07, 6.45) is 11.6. The average molecular weight is 619 g/mol. The second-order valence-corrected chi connectivity index (χ2v) is 12.1. The fourth-order valence-electron chi connectivity index (χ4n) is 8.35. The van der Waals surface area contributed by atoms with Crippen LogP contribution >= 0.6 is 0 Å². The predicted octanol–water partition coefficient (Wildman–Crippen LogP) is 0.238. The van der Waals surface area contributed by atoms with Gasteiger partial charge in [-0.15, -0.1) is 0 Å². The van der Waals surface area contributed by atoms with Gasteiger partial charge in [-0.1, -0.05) is 6.07 Å². The fraction of sp³-hybridized carbons (Fsp3) is 0.552. The fourth-order valence-corrected chi connectivity index (χ4v) is 8.35. The molecule has 1 amide bonds. The summed E-state index contributed by atoms with van der Waals surface area (Å²) >= 11 is 0. The van der Waals surface area contributed by atoms with Crippen LogP contribution in [0.5, 0.6) is 11.5 Å². The molecule has 2 aromatic rings. The van der Waals surface area contributed by atoms with Gasteiger partial charge in [-0.25, -0.2) is 0 Å². The van der Waals surface area contributed by atoms with E-state index >= 15 is 0 Å². The number of phenolic OH excluding ortho intramolecular Hbond substituents is 1. The highest BCUT2D eigenvalue weighted by atomic mass is 127. The third kappa shape index (κ3) is 3.40. The van der Waals surface area contributed by atoms with E-state index < -0.39 is 17.1 Å². The summed E-state index contributed by atoms with van der Waals surface area (Å²) in [5.41, 5.74) is 1.48. The molecule has 2 aliphatic heterocycles. The number of quaternary nitrogens is 1. The first kappa shape index (κ1) is 25.2. The number of phenols is 1. The van der Waals surface area contributed by atoms with Crippen molar-refractivity contribution in [3.63, 3.8) is 0 Å². The number of carbonyl (C=O) groups is 1. The standard InChI is InChI=1S/C29H34N2O5.HI/c1-30(24(33)8-5-19-10-14-35-17-19)21-9-11-29(34)23-15-20-6-7-22(32)26-25(20)28(29,27(21)36-26)12-13-31(23,2)16-18-3-4-18;/h5-8,10,14,17-18,21,23,27,34H,3-4,9,11-13,15-16H2,1-2H3;1H/b8-5+;/t21-,23+,27+,28?,29-,31?;/m1./s1. The number of piperidine rings is 1. The number of carbonyl (C=O) groups excluding carboxylic acids is 1. The Hall–Kier alpha value is -2.04. The Labute approximate surface area is 234 Å². The van der Waals surface area contributed by atoms with Gasteiger partial charge >= 0.3 is 0 Å². The summed E-state index contributed by atoms with van der Waals surface area (Å²) in [6.45, 7) is 2.10. The van der Waals surface area contributed by atoms with Crippen LogP contribution in [0.4, 0.5) is 0 Å². The molecule has 8 heteroatoms. The van der Waals surface area contributed by atoms with Gasteiger partial charge in [0.25, 0.3) is 0 Å². The zero-order chi connectivity index (χ0) is 24.9. The summed E-state index contributed by atoms with van der Waals surface area (Å²) in [6, 6.07) is 5.47. The highest BCUT2D eigenvalue weighted by Crippen LogP contribution is 2.66. The first-order valence-electron chi connectivity index (χ1n) is 13.3. The molecule has 2 bridgehead atoms. The SMILES string of the molecule is CN(C(=O)/C=C/c1ccoc1)[C@@H]1CC[C@@]2(O)[C@@H]3Cc4ccc(O)c5c4C2(CC[N+]3(C)CC2CC2)[C@H]1O5.[I-]. The lowest BCUT2D eigenvalue weighted by Gasteiger charge is -2.66. The van der Waals surface area contributed by atoms with Gasteiger partial charge in [-0.2, -0.15) is 0 Å². The first-order valence-corrected chi connectivity index (χ1v) is 13.3. The van der Waals surface area contributed by atoms with E-state index in [4.69, 9.17) is 9.15 Å². The molecule has 2 saturated carbocycles. The number of hydrogen-bond acceptors (Lipinski definition) is 5. The molecule has 1 saturated heterocycles. The molecule has 1 aromatic heterocycles. The van der Waals surface area contributed by atoms with Crippen LogP contribution in [0.1, 0.15) is 48.8 Å². The van der Waals surface area contributed by atoms with E-state index in [1.807, 2.05) is 19.2 Å². The van der Waals surface area contributed by atoms with Crippen LogP contribution in [0.15, 0.2) is 41.2 Å². The normalized spacial score (nSPS) is 37.0. The largest absolute Gasteiger partial charge is 1.00 e. The lowest BCUT2D eigenvalue weighted by atomic mass is 9.47. The Bertz CT molecular complexity index is 1260. The van der Waals surface area contributed by atoms with Gasteiger partial charge in [0, 0.05) is 43.0 Å². The van der Waals surface area contributed by atoms with Crippen molar-refractivity contribution in [1.82, 2.24) is 4.90 Å². The van der Waals surface area contributed by atoms with Crippen LogP contribution in [0.2, 0.25) is 0 Å². The van der Waals surface area contributed by atoms with Gasteiger partial charge in [0.15, 0.2) is 11.5 Å². The van der Waals surface area contributed by atoms with Crippen molar-refractivity contribution in [3.05, 3.63) is 53.5 Å². The number of hydrogen-bond donors (Lipinski definition) is 2.